The molecule has 1 unspecified atom stereocenters. The average molecular weight is 1050 g/mol. The molecule has 0 heterocycles. The van der Waals surface area contributed by atoms with Gasteiger partial charge in [-0.2, -0.15) is 0 Å². The Labute approximate surface area is 467 Å². The summed E-state index contributed by atoms with van der Waals surface area (Å²) in [5.74, 6) is -0.958. The highest BCUT2D eigenvalue weighted by atomic mass is 16.6. The second-order valence-electron chi connectivity index (χ2n) is 19.5. The van der Waals surface area contributed by atoms with E-state index in [2.05, 4.69) is 179 Å². The van der Waals surface area contributed by atoms with E-state index in [1.54, 1.807) is 0 Å². The lowest BCUT2D eigenvalue weighted by Crippen LogP contribution is -2.30. The number of esters is 3. The van der Waals surface area contributed by atoms with Crippen LogP contribution >= 0.6 is 0 Å². The van der Waals surface area contributed by atoms with Crippen LogP contribution in [0, 0.1) is 0 Å². The summed E-state index contributed by atoms with van der Waals surface area (Å²) in [6.07, 6.45) is 91.3. The van der Waals surface area contributed by atoms with Gasteiger partial charge >= 0.3 is 17.9 Å². The zero-order valence-electron chi connectivity index (χ0n) is 48.7. The van der Waals surface area contributed by atoms with Crippen LogP contribution in [0.15, 0.2) is 158 Å². The highest BCUT2D eigenvalue weighted by Gasteiger charge is 2.19. The van der Waals surface area contributed by atoms with Gasteiger partial charge in [0.1, 0.15) is 13.2 Å². The lowest BCUT2D eigenvalue weighted by Gasteiger charge is -2.18. The van der Waals surface area contributed by atoms with E-state index in [4.69, 9.17) is 14.2 Å². The molecule has 0 aliphatic carbocycles. The smallest absolute Gasteiger partial charge is 0.306 e. The molecule has 0 aromatic rings. The first-order valence-corrected chi connectivity index (χ1v) is 30.5. The fraction of sp³-hybridized carbons (Fsp3) is 0.586. The molecule has 1 atom stereocenters. The first-order valence-electron chi connectivity index (χ1n) is 30.5. The maximum Gasteiger partial charge on any atom is 0.306 e. The van der Waals surface area contributed by atoms with Gasteiger partial charge in [-0.15, -0.1) is 0 Å². The minimum Gasteiger partial charge on any atom is -0.462 e. The van der Waals surface area contributed by atoms with Crippen LogP contribution in [0.25, 0.3) is 0 Å². The molecule has 0 saturated heterocycles. The Bertz CT molecular complexity index is 1720. The first-order chi connectivity index (χ1) is 37.5. The van der Waals surface area contributed by atoms with Crippen molar-refractivity contribution in [1.29, 1.82) is 0 Å². The topological polar surface area (TPSA) is 78.9 Å². The number of unbranched alkanes of at least 4 members (excludes halogenated alkanes) is 16. The Morgan fingerprint density at radius 2 is 0.513 bits per heavy atom. The Kier molecular flexibility index (Phi) is 58.5. The van der Waals surface area contributed by atoms with Crippen LogP contribution in [0.1, 0.15) is 245 Å². The van der Waals surface area contributed by atoms with Crippen molar-refractivity contribution in [1.82, 2.24) is 0 Å². The molecule has 0 aliphatic rings. The molecule has 0 rings (SSSR count). The summed E-state index contributed by atoms with van der Waals surface area (Å²) in [6, 6.07) is 0. The molecule has 0 aromatic heterocycles. The second-order valence-corrected chi connectivity index (χ2v) is 19.5. The van der Waals surface area contributed by atoms with Crippen molar-refractivity contribution < 1.29 is 28.6 Å². The van der Waals surface area contributed by atoms with Crippen molar-refractivity contribution in [3.63, 3.8) is 0 Å². The number of allylic oxidation sites excluding steroid dienone is 26. The van der Waals surface area contributed by atoms with Gasteiger partial charge in [0.25, 0.3) is 0 Å². The van der Waals surface area contributed by atoms with E-state index in [-0.39, 0.29) is 37.5 Å². The van der Waals surface area contributed by atoms with Gasteiger partial charge in [-0.25, -0.2) is 0 Å². The van der Waals surface area contributed by atoms with Crippen molar-refractivity contribution in [3.8, 4) is 0 Å². The normalized spacial score (nSPS) is 13.2. The lowest BCUT2D eigenvalue weighted by molar-refractivity contribution is -0.167. The van der Waals surface area contributed by atoms with E-state index in [0.29, 0.717) is 12.8 Å². The Hall–Kier alpha value is -4.97. The van der Waals surface area contributed by atoms with Gasteiger partial charge in [-0.1, -0.05) is 256 Å². The third kappa shape index (κ3) is 59.9. The summed E-state index contributed by atoms with van der Waals surface area (Å²) in [6.45, 7) is 6.30. The summed E-state index contributed by atoms with van der Waals surface area (Å²) < 4.78 is 16.7. The van der Waals surface area contributed by atoms with Gasteiger partial charge in [-0.05, 0) is 128 Å². The average Bonchev–Trinajstić information content (AvgIpc) is 3.42. The molecule has 0 radical (unpaired) electrons. The molecule has 76 heavy (non-hydrogen) atoms. The van der Waals surface area contributed by atoms with Crippen LogP contribution in [0.2, 0.25) is 0 Å². The van der Waals surface area contributed by atoms with Crippen molar-refractivity contribution >= 4 is 17.9 Å². The molecular formula is C70H110O6. The minimum atomic E-state index is -0.803. The van der Waals surface area contributed by atoms with Gasteiger partial charge in [0.15, 0.2) is 6.10 Å². The van der Waals surface area contributed by atoms with Crippen molar-refractivity contribution in [2.24, 2.45) is 0 Å². The van der Waals surface area contributed by atoms with Crippen LogP contribution in [-0.2, 0) is 28.6 Å². The second kappa shape index (κ2) is 62.6. The molecule has 0 aliphatic heterocycles. The van der Waals surface area contributed by atoms with Crippen molar-refractivity contribution in [2.45, 2.75) is 252 Å². The van der Waals surface area contributed by atoms with Gasteiger partial charge in [0.2, 0.25) is 0 Å². The molecule has 6 nitrogen and oxygen atoms in total. The number of ether oxygens (including phenoxy) is 3. The Balaban J connectivity index is 4.19. The van der Waals surface area contributed by atoms with E-state index in [9.17, 15) is 14.4 Å². The number of hydrogen-bond donors (Lipinski definition) is 0. The zero-order chi connectivity index (χ0) is 55.0. The third-order valence-electron chi connectivity index (χ3n) is 12.3. The zero-order valence-corrected chi connectivity index (χ0v) is 48.7. The van der Waals surface area contributed by atoms with E-state index in [0.717, 1.165) is 154 Å². The van der Waals surface area contributed by atoms with E-state index >= 15 is 0 Å². The first kappa shape index (κ1) is 71.0. The molecule has 0 aromatic carbocycles. The predicted molar refractivity (Wildman–Crippen MR) is 329 cm³/mol. The highest BCUT2D eigenvalue weighted by molar-refractivity contribution is 5.71. The fourth-order valence-corrected chi connectivity index (χ4v) is 7.78. The van der Waals surface area contributed by atoms with Gasteiger partial charge < -0.3 is 14.2 Å². The third-order valence-corrected chi connectivity index (χ3v) is 12.3. The summed E-state index contributed by atoms with van der Waals surface area (Å²) in [5, 5.41) is 0. The minimum absolute atomic E-state index is 0.0995. The number of carbonyl (C=O) groups excluding carboxylic acids is 3. The molecule has 0 saturated carbocycles. The molecule has 6 heteroatoms. The molecule has 0 amide bonds. The standard InChI is InChI=1S/C70H110O6/c1-4-7-10-13-16-18-20-22-24-26-28-29-30-31-32-33-34-35-36-37-38-39-40-41-43-44-46-48-50-52-54-57-60-63-69(72)75-66-67(65-74-68(71)62-59-56-15-12-9-6-3)76-70(73)64-61-58-55-53-51-49-47-45-42-27-25-23-21-19-17-14-11-8-5-2/h7-8,10-11,16-19,22-25,28-29,31-32,34-35,37-38,40-42,45,49,51,67H,4-6,9,12-15,20-21,26-27,30,33,36,39,43-44,46-48,50,52-66H2,1-3H3/b10-7-,11-8-,18-16-,19-17-,24-22-,25-23-,29-28-,32-31-,35-34-,38-37-,41-40-,45-42-,51-49-. The molecule has 0 fully saturated rings. The maximum atomic E-state index is 12.8. The number of hydrogen-bond acceptors (Lipinski definition) is 6. The van der Waals surface area contributed by atoms with Crippen LogP contribution in [0.3, 0.4) is 0 Å². The van der Waals surface area contributed by atoms with Crippen molar-refractivity contribution in [2.75, 3.05) is 13.2 Å². The Morgan fingerprint density at radius 3 is 0.816 bits per heavy atom. The van der Waals surface area contributed by atoms with Gasteiger partial charge in [0, 0.05) is 19.3 Å². The Morgan fingerprint density at radius 1 is 0.276 bits per heavy atom. The van der Waals surface area contributed by atoms with Gasteiger partial charge in [-0.3, -0.25) is 14.4 Å². The van der Waals surface area contributed by atoms with Crippen LogP contribution in [0.4, 0.5) is 0 Å². The van der Waals surface area contributed by atoms with Gasteiger partial charge in [0.05, 0.1) is 0 Å². The van der Waals surface area contributed by atoms with Crippen molar-refractivity contribution in [3.05, 3.63) is 158 Å². The number of carbonyl (C=O) groups is 3. The fourth-order valence-electron chi connectivity index (χ4n) is 7.78. The summed E-state index contributed by atoms with van der Waals surface area (Å²) >= 11 is 0. The quantitative estimate of drug-likeness (QED) is 0.0261. The van der Waals surface area contributed by atoms with Crippen LogP contribution < -0.4 is 0 Å². The summed E-state index contributed by atoms with van der Waals surface area (Å²) in [5.41, 5.74) is 0. The number of rotatable bonds is 53. The largest absolute Gasteiger partial charge is 0.462 e. The van der Waals surface area contributed by atoms with Crippen LogP contribution in [0.5, 0.6) is 0 Å². The molecule has 0 spiro atoms. The van der Waals surface area contributed by atoms with Crippen LogP contribution in [-0.4, -0.2) is 37.2 Å². The molecular weight excluding hydrogens is 937 g/mol. The SMILES string of the molecule is CC/C=C\C/C=C\C/C=C\C/C=C\C/C=C\C/C=C\C/C=C\C/C=C\CCCCCCCCCCC(=O)OCC(COC(=O)CCCCCCCC)OC(=O)CCCCC/C=C\C/C=C\C/C=C\C/C=C\C/C=C\CC. The molecule has 0 bridgehead atoms. The maximum absolute atomic E-state index is 12.8. The summed E-state index contributed by atoms with van der Waals surface area (Å²) in [4.78, 5) is 37.9. The highest BCUT2D eigenvalue weighted by Crippen LogP contribution is 2.14. The molecule has 426 valence electrons. The molecule has 0 N–H and O–H groups in total. The predicted octanol–water partition coefficient (Wildman–Crippen LogP) is 20.9. The lowest BCUT2D eigenvalue weighted by atomic mass is 10.1. The van der Waals surface area contributed by atoms with E-state index in [1.807, 2.05) is 0 Å². The summed E-state index contributed by atoms with van der Waals surface area (Å²) in [7, 11) is 0. The van der Waals surface area contributed by atoms with E-state index in [1.165, 1.54) is 51.4 Å². The monoisotopic (exact) mass is 1050 g/mol. The van der Waals surface area contributed by atoms with E-state index < -0.39 is 6.10 Å².